The highest BCUT2D eigenvalue weighted by atomic mass is 32.1. The first-order valence-electron chi connectivity index (χ1n) is 15.1. The second-order valence-corrected chi connectivity index (χ2v) is 15.6. The van der Waals surface area contributed by atoms with Crippen LogP contribution in [0.5, 0.6) is 0 Å². The van der Waals surface area contributed by atoms with Crippen molar-refractivity contribution in [3.05, 3.63) is 81.5 Å². The smallest absolute Gasteiger partial charge is 0.324 e. The Hall–Kier alpha value is -3.92. The summed E-state index contributed by atoms with van der Waals surface area (Å²) >= 11 is 6.82. The van der Waals surface area contributed by atoms with Crippen molar-refractivity contribution in [3.8, 4) is 65.1 Å². The molecule has 0 saturated carbocycles. The molecule has 7 rings (SSSR count). The third kappa shape index (κ3) is 4.87. The molecular weight excluding hydrogens is 649 g/mol. The molecule has 5 aromatic rings. The number of rotatable bonds is 8. The maximum Gasteiger partial charge on any atom is 0.324 e. The van der Waals surface area contributed by atoms with Gasteiger partial charge < -0.3 is 9.47 Å². The van der Waals surface area contributed by atoms with Crippen LogP contribution in [0, 0.1) is 35.5 Å². The maximum absolute atomic E-state index is 13.6. The number of benzene rings is 1. The number of terminal acetylenes is 2. The minimum atomic E-state index is -1.12. The van der Waals surface area contributed by atoms with Gasteiger partial charge in [-0.05, 0) is 94.4 Å². The molecule has 8 heteroatoms. The molecule has 4 heterocycles. The van der Waals surface area contributed by atoms with Crippen LogP contribution in [0.15, 0.2) is 59.3 Å². The molecule has 0 spiro atoms. The Kier molecular flexibility index (Phi) is 8.03. The average Bonchev–Trinajstić information content (AvgIpc) is 3.90. The fraction of sp³-hybridized carbons (Fsp3) is 0.263. The van der Waals surface area contributed by atoms with Crippen molar-refractivity contribution in [2.45, 2.75) is 39.5 Å². The predicted octanol–water partition coefficient (Wildman–Crippen LogP) is 9.16. The van der Waals surface area contributed by atoms with E-state index in [9.17, 15) is 9.59 Å². The maximum atomic E-state index is 13.6. The standard InChI is InChI=1S/C38H30O4S4/c1-5-37(35(39)41-7-3)19-23-24(20-37)34(32-16-14-30(46-32)28-12-10-18-44-28)26-22-38(6-2,36(40)42-8-4)21-25(26)33(23)31-15-13-29(45-31)27-11-9-17-43-27/h1-2,9-18H,7-8,19-22H2,3-4H3. The Morgan fingerprint density at radius 3 is 1.30 bits per heavy atom. The Morgan fingerprint density at radius 1 is 0.630 bits per heavy atom. The van der Waals surface area contributed by atoms with E-state index in [1.165, 1.54) is 9.75 Å². The Balaban J connectivity index is 1.51. The van der Waals surface area contributed by atoms with E-state index in [1.807, 2.05) is 0 Å². The Morgan fingerprint density at radius 2 is 1.00 bits per heavy atom. The summed E-state index contributed by atoms with van der Waals surface area (Å²) < 4.78 is 11.2. The van der Waals surface area contributed by atoms with Crippen LogP contribution in [0.1, 0.15) is 36.1 Å². The molecule has 2 aliphatic carbocycles. The number of hydrogen-bond donors (Lipinski definition) is 0. The Labute approximate surface area is 285 Å². The summed E-state index contributed by atoms with van der Waals surface area (Å²) in [5.74, 6) is 5.04. The third-order valence-electron chi connectivity index (χ3n) is 8.97. The lowest BCUT2D eigenvalue weighted by atomic mass is 9.83. The molecule has 0 amide bonds. The van der Waals surface area contributed by atoms with Gasteiger partial charge in [-0.15, -0.1) is 58.2 Å². The summed E-state index contributed by atoms with van der Waals surface area (Å²) in [7, 11) is 0. The minimum Gasteiger partial charge on any atom is -0.465 e. The predicted molar refractivity (Wildman–Crippen MR) is 190 cm³/mol. The topological polar surface area (TPSA) is 52.6 Å². The van der Waals surface area contributed by atoms with E-state index in [4.69, 9.17) is 22.3 Å². The molecule has 0 N–H and O–H groups in total. The van der Waals surface area contributed by atoms with Gasteiger partial charge in [0, 0.05) is 54.9 Å². The molecule has 0 aliphatic heterocycles. The van der Waals surface area contributed by atoms with Crippen molar-refractivity contribution in [1.29, 1.82) is 0 Å². The second kappa shape index (κ2) is 12.0. The van der Waals surface area contributed by atoms with Crippen molar-refractivity contribution in [1.82, 2.24) is 0 Å². The van der Waals surface area contributed by atoms with Crippen molar-refractivity contribution in [2.24, 2.45) is 10.8 Å². The molecule has 0 fully saturated rings. The first-order chi connectivity index (χ1) is 22.4. The second-order valence-electron chi connectivity index (χ2n) is 11.5. The highest BCUT2D eigenvalue weighted by Gasteiger charge is 2.51. The number of carbonyl (C=O) groups excluding carboxylic acids is 2. The number of carbonyl (C=O) groups is 2. The van der Waals surface area contributed by atoms with Gasteiger partial charge in [-0.3, -0.25) is 9.59 Å². The quantitative estimate of drug-likeness (QED) is 0.121. The number of thiophene rings is 4. The summed E-state index contributed by atoms with van der Waals surface area (Å²) in [6.45, 7) is 4.12. The van der Waals surface area contributed by atoms with Crippen LogP contribution in [0.2, 0.25) is 0 Å². The lowest BCUT2D eigenvalue weighted by molar-refractivity contribution is -0.152. The molecular formula is C38H30O4S4. The van der Waals surface area contributed by atoms with Gasteiger partial charge in [0.1, 0.15) is 10.8 Å². The number of ether oxygens (including phenoxy) is 2. The molecule has 0 saturated heterocycles. The highest BCUT2D eigenvalue weighted by Crippen LogP contribution is 2.56. The fourth-order valence-corrected chi connectivity index (χ4v) is 10.8. The van der Waals surface area contributed by atoms with Gasteiger partial charge in [0.15, 0.2) is 0 Å². The van der Waals surface area contributed by atoms with E-state index in [1.54, 1.807) is 59.2 Å². The molecule has 46 heavy (non-hydrogen) atoms. The van der Waals surface area contributed by atoms with E-state index in [0.717, 1.165) is 52.9 Å². The van der Waals surface area contributed by atoms with E-state index in [2.05, 4.69) is 71.1 Å². The first kappa shape index (κ1) is 30.7. The van der Waals surface area contributed by atoms with Crippen molar-refractivity contribution in [3.63, 3.8) is 0 Å². The molecule has 230 valence electrons. The normalized spacial score (nSPS) is 15.5. The number of esters is 2. The molecule has 0 radical (unpaired) electrons. The summed E-state index contributed by atoms with van der Waals surface area (Å²) in [6, 6.07) is 16.9. The zero-order valence-corrected chi connectivity index (χ0v) is 28.7. The summed E-state index contributed by atoms with van der Waals surface area (Å²) in [6.07, 6.45) is 13.9. The van der Waals surface area contributed by atoms with Gasteiger partial charge in [0.2, 0.25) is 0 Å². The SMILES string of the molecule is C#CC1(C(=O)OCC)Cc2c(c(-c3ccc(-c4cccs4)s3)c3c(c2-c2ccc(-c4cccs4)s2)CC(C#C)(C(=O)OCC)C3)C1. The van der Waals surface area contributed by atoms with Crippen LogP contribution in [0.4, 0.5) is 0 Å². The molecule has 0 atom stereocenters. The highest BCUT2D eigenvalue weighted by molar-refractivity contribution is 7.24. The van der Waals surface area contributed by atoms with Crippen LogP contribution >= 0.6 is 45.3 Å². The van der Waals surface area contributed by atoms with Crippen molar-refractivity contribution >= 4 is 57.3 Å². The van der Waals surface area contributed by atoms with Crippen LogP contribution in [-0.2, 0) is 44.7 Å². The van der Waals surface area contributed by atoms with Gasteiger partial charge >= 0.3 is 11.9 Å². The number of fused-ring (bicyclic) bond motifs is 2. The largest absolute Gasteiger partial charge is 0.465 e. The van der Waals surface area contributed by atoms with Gasteiger partial charge in [-0.2, -0.15) is 0 Å². The summed E-state index contributed by atoms with van der Waals surface area (Å²) in [5, 5.41) is 4.15. The third-order valence-corrected chi connectivity index (χ3v) is 13.3. The zero-order chi connectivity index (χ0) is 32.1. The van der Waals surface area contributed by atoms with E-state index >= 15 is 0 Å². The van der Waals surface area contributed by atoms with Crippen molar-refractivity contribution in [2.75, 3.05) is 13.2 Å². The minimum absolute atomic E-state index is 0.253. The van der Waals surface area contributed by atoms with Crippen LogP contribution < -0.4 is 0 Å². The van der Waals surface area contributed by atoms with Gasteiger partial charge in [-0.1, -0.05) is 24.0 Å². The van der Waals surface area contributed by atoms with E-state index < -0.39 is 10.8 Å². The Bertz CT molecular complexity index is 1860. The fourth-order valence-electron chi connectivity index (χ4n) is 6.87. The van der Waals surface area contributed by atoms with Gasteiger partial charge in [0.05, 0.1) is 13.2 Å². The monoisotopic (exact) mass is 678 g/mol. The van der Waals surface area contributed by atoms with Crippen LogP contribution in [-0.4, -0.2) is 25.2 Å². The van der Waals surface area contributed by atoms with E-state index in [0.29, 0.717) is 25.7 Å². The summed E-state index contributed by atoms with van der Waals surface area (Å²) in [5.41, 5.74) is 4.01. The van der Waals surface area contributed by atoms with Gasteiger partial charge in [-0.25, -0.2) is 0 Å². The molecule has 0 unspecified atom stereocenters. The lowest BCUT2D eigenvalue weighted by Crippen LogP contribution is -2.33. The van der Waals surface area contributed by atoms with Gasteiger partial charge in [0.25, 0.3) is 0 Å². The van der Waals surface area contributed by atoms with Crippen LogP contribution in [0.3, 0.4) is 0 Å². The molecule has 1 aromatic carbocycles. The first-order valence-corrected chi connectivity index (χ1v) is 18.5. The lowest BCUT2D eigenvalue weighted by Gasteiger charge is -2.21. The average molecular weight is 679 g/mol. The molecule has 2 aliphatic rings. The zero-order valence-electron chi connectivity index (χ0n) is 25.4. The van der Waals surface area contributed by atoms with Crippen molar-refractivity contribution < 1.29 is 19.1 Å². The molecule has 4 nitrogen and oxygen atoms in total. The summed E-state index contributed by atoms with van der Waals surface area (Å²) in [4.78, 5) is 34.0. The number of hydrogen-bond acceptors (Lipinski definition) is 8. The molecule has 4 aromatic heterocycles. The molecule has 0 bridgehead atoms. The van der Waals surface area contributed by atoms with Crippen LogP contribution in [0.25, 0.3) is 40.4 Å². The van der Waals surface area contributed by atoms with E-state index in [-0.39, 0.29) is 25.2 Å².